The Kier molecular flexibility index (Phi) is 7.82. The Hall–Kier alpha value is -2.24. The SMILES string of the molecule is COc1ccc(C(CNc2ccc(S(=O)(=O)N3CCN(C)CC3)cn2)N2CCOCC2)cc1. The summed E-state index contributed by atoms with van der Waals surface area (Å²) in [5, 5.41) is 3.39. The second-order valence-corrected chi connectivity index (χ2v) is 10.3. The lowest BCUT2D eigenvalue weighted by Gasteiger charge is -2.35. The summed E-state index contributed by atoms with van der Waals surface area (Å²) in [5.41, 5.74) is 1.18. The van der Waals surface area contributed by atoms with Gasteiger partial charge in [0.2, 0.25) is 10.0 Å². The molecule has 0 bridgehead atoms. The average Bonchev–Trinajstić information content (AvgIpc) is 2.86. The van der Waals surface area contributed by atoms with Gasteiger partial charge in [-0.3, -0.25) is 4.90 Å². The second-order valence-electron chi connectivity index (χ2n) is 8.40. The molecule has 0 saturated carbocycles. The molecule has 2 aromatic rings. The van der Waals surface area contributed by atoms with Crippen LogP contribution in [-0.4, -0.2) is 101 Å². The molecule has 180 valence electrons. The Labute approximate surface area is 196 Å². The fourth-order valence-corrected chi connectivity index (χ4v) is 5.56. The van der Waals surface area contributed by atoms with Crippen molar-refractivity contribution in [2.24, 2.45) is 0 Å². The van der Waals surface area contributed by atoms with Crippen LogP contribution in [0, 0.1) is 0 Å². The molecule has 1 unspecified atom stereocenters. The molecule has 1 aromatic carbocycles. The first-order valence-electron chi connectivity index (χ1n) is 11.3. The molecule has 0 aliphatic carbocycles. The highest BCUT2D eigenvalue weighted by Crippen LogP contribution is 2.25. The molecule has 2 saturated heterocycles. The normalized spacial score (nSPS) is 19.8. The number of ether oxygens (including phenoxy) is 2. The van der Waals surface area contributed by atoms with Crippen LogP contribution in [0.1, 0.15) is 11.6 Å². The van der Waals surface area contributed by atoms with Crippen LogP contribution < -0.4 is 10.1 Å². The molecule has 0 amide bonds. The van der Waals surface area contributed by atoms with Crippen molar-refractivity contribution in [1.29, 1.82) is 0 Å². The fraction of sp³-hybridized carbons (Fsp3) is 0.522. The Morgan fingerprint density at radius 3 is 2.33 bits per heavy atom. The van der Waals surface area contributed by atoms with E-state index < -0.39 is 10.0 Å². The first kappa shape index (κ1) is 23.9. The van der Waals surface area contributed by atoms with Gasteiger partial charge in [-0.1, -0.05) is 12.1 Å². The van der Waals surface area contributed by atoms with E-state index in [2.05, 4.69) is 32.2 Å². The number of hydrogen-bond acceptors (Lipinski definition) is 8. The number of sulfonamides is 1. The third kappa shape index (κ3) is 5.82. The van der Waals surface area contributed by atoms with Crippen LogP contribution in [0.3, 0.4) is 0 Å². The summed E-state index contributed by atoms with van der Waals surface area (Å²) in [6.07, 6.45) is 1.45. The molecule has 1 N–H and O–H groups in total. The number of aromatic nitrogens is 1. The number of nitrogens with zero attached hydrogens (tertiary/aromatic N) is 4. The predicted molar refractivity (Wildman–Crippen MR) is 127 cm³/mol. The lowest BCUT2D eigenvalue weighted by molar-refractivity contribution is 0.0187. The van der Waals surface area contributed by atoms with Gasteiger partial charge in [-0.05, 0) is 36.9 Å². The summed E-state index contributed by atoms with van der Waals surface area (Å²) in [6.45, 7) is 6.25. The molecular formula is C23H33N5O4S. The standard InChI is InChI=1S/C23H33N5O4S/c1-26-9-11-28(12-10-26)33(29,30)21-7-8-23(24-17-21)25-18-22(27-13-15-32-16-14-27)19-3-5-20(31-2)6-4-19/h3-8,17,22H,9-16,18H2,1-2H3,(H,24,25). The fourth-order valence-electron chi connectivity index (χ4n) is 4.19. The molecule has 2 fully saturated rings. The molecule has 2 aliphatic rings. The van der Waals surface area contributed by atoms with Crippen LogP contribution in [0.25, 0.3) is 0 Å². The zero-order valence-corrected chi connectivity index (χ0v) is 20.1. The van der Waals surface area contributed by atoms with E-state index in [4.69, 9.17) is 9.47 Å². The first-order valence-corrected chi connectivity index (χ1v) is 12.8. The maximum Gasteiger partial charge on any atom is 0.244 e. The van der Waals surface area contributed by atoms with E-state index in [0.717, 1.165) is 31.9 Å². The van der Waals surface area contributed by atoms with Gasteiger partial charge >= 0.3 is 0 Å². The van der Waals surface area contributed by atoms with Gasteiger partial charge in [-0.2, -0.15) is 4.31 Å². The molecule has 1 aromatic heterocycles. The van der Waals surface area contributed by atoms with Crippen molar-refractivity contribution in [2.75, 3.05) is 78.5 Å². The van der Waals surface area contributed by atoms with Crippen LogP contribution in [0.15, 0.2) is 47.5 Å². The van der Waals surface area contributed by atoms with Crippen molar-refractivity contribution >= 4 is 15.8 Å². The summed E-state index contributed by atoms with van der Waals surface area (Å²) in [6, 6.07) is 11.6. The van der Waals surface area contributed by atoms with E-state index in [9.17, 15) is 8.42 Å². The summed E-state index contributed by atoms with van der Waals surface area (Å²) in [5.74, 6) is 1.48. The number of benzene rings is 1. The van der Waals surface area contributed by atoms with Crippen LogP contribution in [0.5, 0.6) is 5.75 Å². The van der Waals surface area contributed by atoms with Gasteiger partial charge in [0.1, 0.15) is 16.5 Å². The van der Waals surface area contributed by atoms with Crippen LogP contribution >= 0.6 is 0 Å². The summed E-state index contributed by atoms with van der Waals surface area (Å²) in [4.78, 5) is 9.16. The molecule has 4 rings (SSSR count). The zero-order chi connectivity index (χ0) is 23.3. The number of nitrogens with one attached hydrogen (secondary N) is 1. The molecule has 0 spiro atoms. The number of morpholine rings is 1. The summed E-state index contributed by atoms with van der Waals surface area (Å²) < 4.78 is 38.2. The maximum atomic E-state index is 12.9. The van der Waals surface area contributed by atoms with Crippen molar-refractivity contribution in [2.45, 2.75) is 10.9 Å². The lowest BCUT2D eigenvalue weighted by atomic mass is 10.0. The average molecular weight is 476 g/mol. The van der Waals surface area contributed by atoms with Gasteiger partial charge in [-0.15, -0.1) is 0 Å². The minimum Gasteiger partial charge on any atom is -0.497 e. The second kappa shape index (κ2) is 10.8. The smallest absolute Gasteiger partial charge is 0.244 e. The van der Waals surface area contributed by atoms with Crippen LogP contribution in [0.2, 0.25) is 0 Å². The van der Waals surface area contributed by atoms with Gasteiger partial charge in [-0.25, -0.2) is 13.4 Å². The molecule has 9 nitrogen and oxygen atoms in total. The van der Waals surface area contributed by atoms with E-state index in [1.165, 1.54) is 16.1 Å². The Morgan fingerprint density at radius 2 is 1.73 bits per heavy atom. The summed E-state index contributed by atoms with van der Waals surface area (Å²) in [7, 11) is 0.146. The number of likely N-dealkylation sites (N-methyl/N-ethyl adjacent to an activating group) is 1. The van der Waals surface area contributed by atoms with Gasteiger partial charge in [0, 0.05) is 52.0 Å². The van der Waals surface area contributed by atoms with Gasteiger partial charge < -0.3 is 19.7 Å². The Bertz CT molecular complexity index is 987. The minimum atomic E-state index is -3.52. The molecule has 1 atom stereocenters. The van der Waals surface area contributed by atoms with E-state index in [1.54, 1.807) is 19.2 Å². The first-order chi connectivity index (χ1) is 16.0. The van der Waals surface area contributed by atoms with E-state index in [0.29, 0.717) is 38.7 Å². The van der Waals surface area contributed by atoms with Crippen molar-refractivity contribution in [1.82, 2.24) is 19.1 Å². The van der Waals surface area contributed by atoms with E-state index >= 15 is 0 Å². The third-order valence-electron chi connectivity index (χ3n) is 6.30. The van der Waals surface area contributed by atoms with Crippen molar-refractivity contribution < 1.29 is 17.9 Å². The van der Waals surface area contributed by atoms with Gasteiger partial charge in [0.15, 0.2) is 0 Å². The zero-order valence-electron chi connectivity index (χ0n) is 19.3. The molecule has 33 heavy (non-hydrogen) atoms. The molecule has 3 heterocycles. The van der Waals surface area contributed by atoms with E-state index in [1.807, 2.05) is 19.2 Å². The Morgan fingerprint density at radius 1 is 1.03 bits per heavy atom. The third-order valence-corrected chi connectivity index (χ3v) is 8.18. The minimum absolute atomic E-state index is 0.135. The quantitative estimate of drug-likeness (QED) is 0.615. The molecule has 10 heteroatoms. The molecular weight excluding hydrogens is 442 g/mol. The highest BCUT2D eigenvalue weighted by Gasteiger charge is 2.28. The van der Waals surface area contributed by atoms with Gasteiger partial charge in [0.05, 0.1) is 26.4 Å². The number of anilines is 1. The Balaban J connectivity index is 1.44. The lowest BCUT2D eigenvalue weighted by Crippen LogP contribution is -2.47. The maximum absolute atomic E-state index is 12.9. The van der Waals surface area contributed by atoms with Crippen molar-refractivity contribution in [3.63, 3.8) is 0 Å². The predicted octanol–water partition coefficient (Wildman–Crippen LogP) is 1.51. The van der Waals surface area contributed by atoms with Crippen molar-refractivity contribution in [3.8, 4) is 5.75 Å². The van der Waals surface area contributed by atoms with Crippen LogP contribution in [0.4, 0.5) is 5.82 Å². The highest BCUT2D eigenvalue weighted by atomic mass is 32.2. The number of rotatable bonds is 8. The number of pyridine rings is 1. The topological polar surface area (TPSA) is 87.2 Å². The highest BCUT2D eigenvalue weighted by molar-refractivity contribution is 7.89. The summed E-state index contributed by atoms with van der Waals surface area (Å²) >= 11 is 0. The van der Waals surface area contributed by atoms with Gasteiger partial charge in [0.25, 0.3) is 0 Å². The van der Waals surface area contributed by atoms with Crippen molar-refractivity contribution in [3.05, 3.63) is 48.2 Å². The van der Waals surface area contributed by atoms with Crippen LogP contribution in [-0.2, 0) is 14.8 Å². The monoisotopic (exact) mass is 475 g/mol. The number of methoxy groups -OCH3 is 1. The largest absolute Gasteiger partial charge is 0.497 e. The molecule has 0 radical (unpaired) electrons. The molecule has 2 aliphatic heterocycles. The number of piperazine rings is 1. The van der Waals surface area contributed by atoms with E-state index in [-0.39, 0.29) is 10.9 Å². The number of hydrogen-bond donors (Lipinski definition) is 1.